The van der Waals surface area contributed by atoms with E-state index in [0.717, 1.165) is 10.2 Å². The van der Waals surface area contributed by atoms with E-state index < -0.39 is 0 Å². The Hall–Kier alpha value is -2.18. The van der Waals surface area contributed by atoms with Gasteiger partial charge >= 0.3 is 0 Å². The van der Waals surface area contributed by atoms with Gasteiger partial charge in [-0.05, 0) is 35.2 Å². The number of carbonyl (C=O) groups is 1. The lowest BCUT2D eigenvalue weighted by Gasteiger charge is -2.08. The molecule has 0 saturated carbocycles. The number of benzene rings is 1. The lowest BCUT2D eigenvalue weighted by molar-refractivity contribution is 0.0955. The molecule has 0 spiro atoms. The highest BCUT2D eigenvalue weighted by Crippen LogP contribution is 2.26. The molecular weight excluding hydrogens is 320 g/mol. The van der Waals surface area contributed by atoms with Crippen molar-refractivity contribution in [1.82, 2.24) is 15.3 Å². The normalized spacial score (nSPS) is 10.6. The molecule has 5 nitrogen and oxygen atoms in total. The summed E-state index contributed by atoms with van der Waals surface area (Å²) >= 11 is 7.45. The highest BCUT2D eigenvalue weighted by molar-refractivity contribution is 7.17. The predicted molar refractivity (Wildman–Crippen MR) is 89.7 cm³/mol. The van der Waals surface area contributed by atoms with Crippen molar-refractivity contribution in [3.05, 3.63) is 52.6 Å². The molecule has 0 aliphatic heterocycles. The summed E-state index contributed by atoms with van der Waals surface area (Å²) in [4.78, 5) is 20.2. The Labute approximate surface area is 136 Å². The Morgan fingerprint density at radius 1 is 1.14 bits per heavy atom. The van der Waals surface area contributed by atoms with Crippen LogP contribution in [0.25, 0.3) is 10.2 Å². The molecule has 0 aliphatic carbocycles. The summed E-state index contributed by atoms with van der Waals surface area (Å²) in [5, 5.41) is 8.19. The molecule has 0 bridgehead atoms. The molecule has 3 rings (SSSR count). The van der Waals surface area contributed by atoms with Gasteiger partial charge in [0.25, 0.3) is 5.91 Å². The Kier molecular flexibility index (Phi) is 4.50. The number of anilines is 1. The van der Waals surface area contributed by atoms with E-state index in [9.17, 15) is 4.79 Å². The summed E-state index contributed by atoms with van der Waals surface area (Å²) in [5.41, 5.74) is 1.47. The lowest BCUT2D eigenvalue weighted by atomic mass is 10.2. The fraction of sp³-hybridized carbons (Fsp3) is 0.133. The molecule has 1 aromatic carbocycles. The van der Waals surface area contributed by atoms with Crippen molar-refractivity contribution in [3.8, 4) is 0 Å². The monoisotopic (exact) mass is 332 g/mol. The third kappa shape index (κ3) is 3.35. The minimum Gasteiger partial charge on any atom is -0.367 e. The first-order valence-corrected chi connectivity index (χ1v) is 7.97. The van der Waals surface area contributed by atoms with E-state index in [0.29, 0.717) is 24.5 Å². The fourth-order valence-electron chi connectivity index (χ4n) is 2.00. The average Bonchev–Trinajstić information content (AvgIpc) is 3.00. The molecule has 2 N–H and O–H groups in total. The Bertz CT molecular complexity index is 791. The van der Waals surface area contributed by atoms with Gasteiger partial charge in [-0.1, -0.05) is 18.2 Å². The van der Waals surface area contributed by atoms with E-state index in [4.69, 9.17) is 11.6 Å². The van der Waals surface area contributed by atoms with Gasteiger partial charge in [0.05, 0.1) is 10.2 Å². The number of rotatable bonds is 5. The van der Waals surface area contributed by atoms with E-state index >= 15 is 0 Å². The van der Waals surface area contributed by atoms with Crippen LogP contribution in [0.15, 0.2) is 41.8 Å². The van der Waals surface area contributed by atoms with Crippen molar-refractivity contribution < 1.29 is 4.79 Å². The van der Waals surface area contributed by atoms with Crippen LogP contribution in [-0.2, 0) is 0 Å². The van der Waals surface area contributed by atoms with Crippen LogP contribution in [0.4, 0.5) is 5.82 Å². The second-order valence-electron chi connectivity index (χ2n) is 4.52. The third-order valence-corrected chi connectivity index (χ3v) is 4.09. The van der Waals surface area contributed by atoms with Gasteiger partial charge in [-0.2, -0.15) is 4.98 Å². The second-order valence-corrected chi connectivity index (χ2v) is 5.78. The summed E-state index contributed by atoms with van der Waals surface area (Å²) in [7, 11) is 0. The van der Waals surface area contributed by atoms with Crippen LogP contribution >= 0.6 is 22.9 Å². The second kappa shape index (κ2) is 6.72. The maximum Gasteiger partial charge on any atom is 0.251 e. The highest BCUT2D eigenvalue weighted by Gasteiger charge is 2.08. The molecule has 2 heterocycles. The molecule has 0 radical (unpaired) electrons. The first-order valence-electron chi connectivity index (χ1n) is 6.72. The molecule has 0 atom stereocenters. The number of nitrogens with zero attached hydrogens (tertiary/aromatic N) is 2. The van der Waals surface area contributed by atoms with E-state index in [1.54, 1.807) is 23.5 Å². The van der Waals surface area contributed by atoms with Crippen molar-refractivity contribution in [2.45, 2.75) is 0 Å². The summed E-state index contributed by atoms with van der Waals surface area (Å²) in [5.74, 6) is 0.600. The van der Waals surface area contributed by atoms with Crippen molar-refractivity contribution in [1.29, 1.82) is 0 Å². The van der Waals surface area contributed by atoms with Crippen molar-refractivity contribution in [2.24, 2.45) is 0 Å². The average molecular weight is 333 g/mol. The molecule has 0 unspecified atom stereocenters. The molecule has 2 aromatic heterocycles. The number of amides is 1. The number of hydrogen-bond acceptors (Lipinski definition) is 5. The molecule has 0 aliphatic rings. The van der Waals surface area contributed by atoms with Gasteiger partial charge in [0.15, 0.2) is 0 Å². The van der Waals surface area contributed by atoms with Gasteiger partial charge in [0.1, 0.15) is 5.82 Å². The quantitative estimate of drug-likeness (QED) is 0.556. The van der Waals surface area contributed by atoms with Gasteiger partial charge in [0, 0.05) is 18.7 Å². The maximum atomic E-state index is 11.9. The Balaban J connectivity index is 1.57. The van der Waals surface area contributed by atoms with Crippen LogP contribution in [-0.4, -0.2) is 29.0 Å². The van der Waals surface area contributed by atoms with Crippen LogP contribution in [0, 0.1) is 0 Å². The van der Waals surface area contributed by atoms with Gasteiger partial charge in [-0.25, -0.2) is 4.98 Å². The number of halogens is 1. The summed E-state index contributed by atoms with van der Waals surface area (Å²) in [6.07, 6.45) is 0. The number of fused-ring (bicyclic) bond motifs is 1. The van der Waals surface area contributed by atoms with Crippen LogP contribution in [0.1, 0.15) is 10.4 Å². The zero-order valence-corrected chi connectivity index (χ0v) is 13.1. The van der Waals surface area contributed by atoms with E-state index in [1.165, 1.54) is 0 Å². The van der Waals surface area contributed by atoms with Crippen LogP contribution in [0.2, 0.25) is 5.28 Å². The maximum absolute atomic E-state index is 11.9. The van der Waals surface area contributed by atoms with Crippen molar-refractivity contribution >= 4 is 44.9 Å². The molecule has 1 amide bonds. The standard InChI is InChI=1S/C15H13ClN4OS/c16-15-19-11-6-9-22-12(11)13(20-15)17-7-8-18-14(21)10-4-2-1-3-5-10/h1-6,9H,7-8H2,(H,18,21)(H,17,19,20). The van der Waals surface area contributed by atoms with E-state index in [2.05, 4.69) is 20.6 Å². The van der Waals surface area contributed by atoms with E-state index in [-0.39, 0.29) is 11.2 Å². The first kappa shape index (κ1) is 14.7. The molecule has 112 valence electrons. The van der Waals surface area contributed by atoms with Gasteiger partial charge in [-0.15, -0.1) is 11.3 Å². The van der Waals surface area contributed by atoms with Gasteiger partial charge < -0.3 is 10.6 Å². The summed E-state index contributed by atoms with van der Waals surface area (Å²) in [6.45, 7) is 1.04. The van der Waals surface area contributed by atoms with Crippen molar-refractivity contribution in [3.63, 3.8) is 0 Å². The SMILES string of the molecule is O=C(NCCNc1nc(Cl)nc2ccsc12)c1ccccc1. The van der Waals surface area contributed by atoms with Crippen LogP contribution in [0.3, 0.4) is 0 Å². The van der Waals surface area contributed by atoms with Gasteiger partial charge in [0.2, 0.25) is 5.28 Å². The fourth-order valence-corrected chi connectivity index (χ4v) is 2.98. The largest absolute Gasteiger partial charge is 0.367 e. The number of nitrogens with one attached hydrogen (secondary N) is 2. The van der Waals surface area contributed by atoms with Crippen molar-refractivity contribution in [2.75, 3.05) is 18.4 Å². The van der Waals surface area contributed by atoms with Crippen LogP contribution < -0.4 is 10.6 Å². The highest BCUT2D eigenvalue weighted by atomic mass is 35.5. The Morgan fingerprint density at radius 2 is 1.95 bits per heavy atom. The minimum absolute atomic E-state index is 0.0932. The number of carbonyl (C=O) groups excluding carboxylic acids is 1. The zero-order chi connectivity index (χ0) is 15.4. The smallest absolute Gasteiger partial charge is 0.251 e. The predicted octanol–water partition coefficient (Wildman–Crippen LogP) is 3.19. The Morgan fingerprint density at radius 3 is 2.77 bits per heavy atom. The molecule has 0 fully saturated rings. The molecule has 0 saturated heterocycles. The van der Waals surface area contributed by atoms with Gasteiger partial charge in [-0.3, -0.25) is 4.79 Å². The minimum atomic E-state index is -0.0932. The zero-order valence-electron chi connectivity index (χ0n) is 11.5. The molecule has 22 heavy (non-hydrogen) atoms. The number of hydrogen-bond donors (Lipinski definition) is 2. The van der Waals surface area contributed by atoms with E-state index in [1.807, 2.05) is 29.6 Å². The molecular formula is C15H13ClN4OS. The third-order valence-electron chi connectivity index (χ3n) is 3.02. The molecule has 3 aromatic rings. The summed E-state index contributed by atoms with van der Waals surface area (Å²) in [6, 6.07) is 11.0. The topological polar surface area (TPSA) is 66.9 Å². The number of thiophene rings is 1. The lowest BCUT2D eigenvalue weighted by Crippen LogP contribution is -2.28. The summed E-state index contributed by atoms with van der Waals surface area (Å²) < 4.78 is 0.957. The van der Waals surface area contributed by atoms with Crippen LogP contribution in [0.5, 0.6) is 0 Å². The number of aromatic nitrogens is 2. The first-order chi connectivity index (χ1) is 10.7. The molecule has 7 heteroatoms.